The minimum atomic E-state index is -0.496. The lowest BCUT2D eigenvalue weighted by atomic mass is 9.72. The van der Waals surface area contributed by atoms with Crippen LogP contribution in [-0.4, -0.2) is 11.6 Å². The number of benzene rings is 1. The van der Waals surface area contributed by atoms with Crippen molar-refractivity contribution in [2.45, 2.75) is 19.3 Å². The third-order valence-corrected chi connectivity index (χ3v) is 4.25. The van der Waals surface area contributed by atoms with Crippen molar-refractivity contribution in [3.63, 3.8) is 0 Å². The van der Waals surface area contributed by atoms with Gasteiger partial charge in [-0.05, 0) is 36.1 Å². The van der Waals surface area contributed by atoms with E-state index < -0.39 is 5.92 Å². The first-order valence-corrected chi connectivity index (χ1v) is 6.63. The fourth-order valence-corrected chi connectivity index (χ4v) is 3.24. The molecule has 98 valence electrons. The lowest BCUT2D eigenvalue weighted by Crippen LogP contribution is -2.30. The maximum atomic E-state index is 12.6. The summed E-state index contributed by atoms with van der Waals surface area (Å²) in [5, 5.41) is 0. The Balaban J connectivity index is 1.99. The van der Waals surface area contributed by atoms with E-state index in [1.807, 2.05) is 31.2 Å². The summed E-state index contributed by atoms with van der Waals surface area (Å²) < 4.78 is 5.24. The molecular weight excluding hydrogens is 252 g/mol. The number of carbonyl (C=O) groups excluding carboxylic acids is 2. The molecule has 2 aromatic rings. The van der Waals surface area contributed by atoms with Gasteiger partial charge in [-0.3, -0.25) is 9.59 Å². The second kappa shape index (κ2) is 3.79. The summed E-state index contributed by atoms with van der Waals surface area (Å²) in [6.45, 7) is 2.03. The van der Waals surface area contributed by atoms with E-state index in [9.17, 15) is 9.59 Å². The molecule has 1 aromatic carbocycles. The number of hydrogen-bond acceptors (Lipinski definition) is 3. The molecule has 0 fully saturated rings. The number of Topliss-reactive ketones (excluding diaryl/α,β-unsaturated/α-hetero) is 2. The van der Waals surface area contributed by atoms with Crippen LogP contribution in [0.5, 0.6) is 0 Å². The van der Waals surface area contributed by atoms with E-state index in [0.717, 1.165) is 16.7 Å². The van der Waals surface area contributed by atoms with Gasteiger partial charge in [0.15, 0.2) is 11.5 Å². The zero-order valence-electron chi connectivity index (χ0n) is 11.0. The maximum absolute atomic E-state index is 12.6. The largest absolute Gasteiger partial charge is 0.460 e. The molecule has 20 heavy (non-hydrogen) atoms. The molecule has 3 heteroatoms. The predicted octanol–water partition coefficient (Wildman–Crippen LogP) is 3.23. The summed E-state index contributed by atoms with van der Waals surface area (Å²) in [7, 11) is 0. The molecule has 0 spiro atoms. The number of carbonyl (C=O) groups is 2. The van der Waals surface area contributed by atoms with Crippen LogP contribution in [0, 0.1) is 6.92 Å². The minimum Gasteiger partial charge on any atom is -0.460 e. The highest BCUT2D eigenvalue weighted by atomic mass is 16.3. The van der Waals surface area contributed by atoms with Crippen molar-refractivity contribution in [3.05, 3.63) is 70.2 Å². The normalized spacial score (nSPS) is 20.1. The van der Waals surface area contributed by atoms with Gasteiger partial charge in [0.25, 0.3) is 0 Å². The summed E-state index contributed by atoms with van der Waals surface area (Å²) in [6, 6.07) is 7.50. The molecule has 0 saturated heterocycles. The van der Waals surface area contributed by atoms with E-state index in [4.69, 9.17) is 4.42 Å². The highest BCUT2D eigenvalue weighted by Gasteiger charge is 2.42. The Kier molecular flexibility index (Phi) is 2.16. The smallest absolute Gasteiger partial charge is 0.210 e. The Morgan fingerprint density at radius 3 is 2.90 bits per heavy atom. The predicted molar refractivity (Wildman–Crippen MR) is 73.1 cm³/mol. The highest BCUT2D eigenvalue weighted by Crippen LogP contribution is 2.42. The van der Waals surface area contributed by atoms with Crippen LogP contribution in [0.1, 0.15) is 43.5 Å². The van der Waals surface area contributed by atoms with Crippen molar-refractivity contribution < 1.29 is 14.0 Å². The first-order valence-electron chi connectivity index (χ1n) is 6.63. The molecule has 1 heterocycles. The monoisotopic (exact) mass is 264 g/mol. The molecule has 4 rings (SSSR count). The van der Waals surface area contributed by atoms with Crippen LogP contribution in [0.3, 0.4) is 0 Å². The van der Waals surface area contributed by atoms with Crippen molar-refractivity contribution in [1.29, 1.82) is 0 Å². The number of fused-ring (bicyclic) bond motifs is 4. The molecule has 0 saturated carbocycles. The van der Waals surface area contributed by atoms with Gasteiger partial charge in [-0.25, -0.2) is 0 Å². The fourth-order valence-electron chi connectivity index (χ4n) is 3.24. The Labute approximate surface area is 115 Å². The fraction of sp³-hybridized carbons (Fsp3) is 0.176. The molecule has 0 aliphatic heterocycles. The second-order valence-electron chi connectivity index (χ2n) is 5.30. The van der Waals surface area contributed by atoms with Crippen LogP contribution in [-0.2, 0) is 6.42 Å². The third-order valence-electron chi connectivity index (χ3n) is 4.25. The van der Waals surface area contributed by atoms with Gasteiger partial charge in [0.05, 0.1) is 17.7 Å². The molecule has 0 unspecified atom stereocenters. The first kappa shape index (κ1) is 11.4. The Bertz CT molecular complexity index is 792. The number of aryl methyl sites for hydroxylation is 1. The highest BCUT2D eigenvalue weighted by molar-refractivity contribution is 6.24. The van der Waals surface area contributed by atoms with E-state index in [-0.39, 0.29) is 17.3 Å². The summed E-state index contributed by atoms with van der Waals surface area (Å²) in [5.41, 5.74) is 4.25. The average Bonchev–Trinajstić information content (AvgIpc) is 2.94. The molecule has 3 nitrogen and oxygen atoms in total. The maximum Gasteiger partial charge on any atom is 0.210 e. The van der Waals surface area contributed by atoms with Crippen molar-refractivity contribution in [3.8, 4) is 0 Å². The quantitative estimate of drug-likeness (QED) is 0.734. The molecule has 0 amide bonds. The van der Waals surface area contributed by atoms with Crippen molar-refractivity contribution in [2.24, 2.45) is 0 Å². The zero-order valence-corrected chi connectivity index (χ0v) is 11.0. The van der Waals surface area contributed by atoms with Crippen LogP contribution < -0.4 is 0 Å². The van der Waals surface area contributed by atoms with Gasteiger partial charge in [0.1, 0.15) is 0 Å². The lowest BCUT2D eigenvalue weighted by Gasteiger charge is -2.28. The molecule has 1 atom stereocenters. The van der Waals surface area contributed by atoms with Gasteiger partial charge in [-0.15, -0.1) is 0 Å². The molecule has 1 aromatic heterocycles. The standard InChI is InChI=1S/C17H12O3/c1-9-3-2-4-11-10(9)5-6-12-14(11)16(19)17-13(15(12)18)7-8-20-17/h2-4,6-8,14H,5H2,1H3/t14-/m1/s1. The summed E-state index contributed by atoms with van der Waals surface area (Å²) in [6.07, 6.45) is 4.02. The van der Waals surface area contributed by atoms with E-state index in [2.05, 4.69) is 0 Å². The van der Waals surface area contributed by atoms with E-state index in [1.54, 1.807) is 6.07 Å². The average molecular weight is 264 g/mol. The van der Waals surface area contributed by atoms with Crippen LogP contribution in [0.2, 0.25) is 0 Å². The molecule has 0 bridgehead atoms. The van der Waals surface area contributed by atoms with Gasteiger partial charge in [-0.2, -0.15) is 0 Å². The van der Waals surface area contributed by atoms with Gasteiger partial charge < -0.3 is 4.42 Å². The Morgan fingerprint density at radius 1 is 1.20 bits per heavy atom. The molecule has 2 aliphatic rings. The van der Waals surface area contributed by atoms with E-state index in [1.165, 1.54) is 6.26 Å². The van der Waals surface area contributed by atoms with Crippen LogP contribution >= 0.6 is 0 Å². The second-order valence-corrected chi connectivity index (χ2v) is 5.30. The van der Waals surface area contributed by atoms with Crippen molar-refractivity contribution in [1.82, 2.24) is 0 Å². The third kappa shape index (κ3) is 1.29. The number of rotatable bonds is 0. The van der Waals surface area contributed by atoms with Crippen LogP contribution in [0.15, 0.2) is 46.6 Å². The van der Waals surface area contributed by atoms with Crippen molar-refractivity contribution >= 4 is 11.6 Å². The molecule has 2 aliphatic carbocycles. The summed E-state index contributed by atoms with van der Waals surface area (Å²) >= 11 is 0. The van der Waals surface area contributed by atoms with Crippen LogP contribution in [0.25, 0.3) is 0 Å². The molecular formula is C17H12O3. The topological polar surface area (TPSA) is 47.3 Å². The van der Waals surface area contributed by atoms with Gasteiger partial charge in [0, 0.05) is 5.57 Å². The van der Waals surface area contributed by atoms with Gasteiger partial charge in [-0.1, -0.05) is 24.3 Å². The van der Waals surface area contributed by atoms with Crippen LogP contribution in [0.4, 0.5) is 0 Å². The number of furan rings is 1. The summed E-state index contributed by atoms with van der Waals surface area (Å²) in [4.78, 5) is 25.1. The van der Waals surface area contributed by atoms with Gasteiger partial charge >= 0.3 is 0 Å². The first-order chi connectivity index (χ1) is 9.68. The Hall–Kier alpha value is -2.42. The number of hydrogen-bond donors (Lipinski definition) is 0. The zero-order chi connectivity index (χ0) is 13.9. The Morgan fingerprint density at radius 2 is 2.05 bits per heavy atom. The lowest BCUT2D eigenvalue weighted by molar-refractivity contribution is 0.0890. The van der Waals surface area contributed by atoms with E-state index >= 15 is 0 Å². The van der Waals surface area contributed by atoms with E-state index in [0.29, 0.717) is 17.6 Å². The number of ketones is 2. The van der Waals surface area contributed by atoms with Crippen molar-refractivity contribution in [2.75, 3.05) is 0 Å². The molecule has 0 N–H and O–H groups in total. The molecule has 0 radical (unpaired) electrons. The SMILES string of the molecule is Cc1cccc2c1CC=C1C(=O)c3ccoc3C(=O)[C@@H]12. The van der Waals surface area contributed by atoms with Gasteiger partial charge in [0.2, 0.25) is 5.78 Å². The summed E-state index contributed by atoms with van der Waals surface area (Å²) in [5.74, 6) is -0.482. The number of allylic oxidation sites excluding steroid dienone is 2. The minimum absolute atomic E-state index is 0.0782.